The van der Waals surface area contributed by atoms with Crippen LogP contribution in [-0.4, -0.2) is 26.3 Å². The molecule has 1 aromatic carbocycles. The van der Waals surface area contributed by atoms with Crippen LogP contribution in [0.4, 0.5) is 22.0 Å². The van der Waals surface area contributed by atoms with E-state index in [1.807, 2.05) is 0 Å². The van der Waals surface area contributed by atoms with Crippen molar-refractivity contribution >= 4 is 11.6 Å². The maximum atomic E-state index is 13.2. The molecular formula is C11H10ClF5O2. The lowest BCUT2D eigenvalue weighted by Crippen LogP contribution is -2.40. The molecule has 0 saturated heterocycles. The van der Waals surface area contributed by atoms with Crippen LogP contribution in [-0.2, 0) is 0 Å². The topological polar surface area (TPSA) is 18.5 Å². The first-order valence-electron chi connectivity index (χ1n) is 4.95. The molecule has 0 saturated carbocycles. The molecule has 108 valence electrons. The van der Waals surface area contributed by atoms with Crippen LogP contribution in [0, 0.1) is 0 Å². The van der Waals surface area contributed by atoms with Gasteiger partial charge in [0.1, 0.15) is 16.9 Å². The Morgan fingerprint density at radius 2 is 1.63 bits per heavy atom. The minimum Gasteiger partial charge on any atom is -0.497 e. The molecule has 8 heteroatoms. The van der Waals surface area contributed by atoms with E-state index in [9.17, 15) is 22.0 Å². The fourth-order valence-corrected chi connectivity index (χ4v) is 1.67. The maximum Gasteiger partial charge on any atom is 0.455 e. The Morgan fingerprint density at radius 3 is 2.05 bits per heavy atom. The van der Waals surface area contributed by atoms with Crippen LogP contribution in [0.1, 0.15) is 10.9 Å². The number of rotatable bonds is 4. The van der Waals surface area contributed by atoms with Gasteiger partial charge in [0, 0.05) is 11.6 Å². The highest BCUT2D eigenvalue weighted by molar-refractivity contribution is 6.21. The molecular weight excluding hydrogens is 295 g/mol. The summed E-state index contributed by atoms with van der Waals surface area (Å²) in [6, 6.07) is 3.41. The van der Waals surface area contributed by atoms with E-state index in [2.05, 4.69) is 0 Å². The van der Waals surface area contributed by atoms with Crippen LogP contribution >= 0.6 is 11.6 Å². The second kappa shape index (κ2) is 5.40. The molecule has 19 heavy (non-hydrogen) atoms. The maximum absolute atomic E-state index is 13.2. The number of hydrogen-bond donors (Lipinski definition) is 0. The third kappa shape index (κ3) is 3.02. The van der Waals surface area contributed by atoms with E-state index < -0.39 is 23.0 Å². The molecule has 0 aliphatic carbocycles. The fraction of sp³-hybridized carbons (Fsp3) is 0.455. The molecule has 0 aliphatic rings. The Labute approximate surface area is 111 Å². The predicted molar refractivity (Wildman–Crippen MR) is 59.1 cm³/mol. The second-order valence-corrected chi connectivity index (χ2v) is 4.03. The predicted octanol–water partition coefficient (Wildman–Crippen LogP) is 4.18. The number of methoxy groups -OCH3 is 2. The molecule has 0 aromatic heterocycles. The van der Waals surface area contributed by atoms with Crippen molar-refractivity contribution in [2.24, 2.45) is 0 Å². The average Bonchev–Trinajstić information content (AvgIpc) is 2.35. The summed E-state index contributed by atoms with van der Waals surface area (Å²) in [7, 11) is 2.45. The summed E-state index contributed by atoms with van der Waals surface area (Å²) >= 11 is 5.27. The van der Waals surface area contributed by atoms with Crippen molar-refractivity contribution in [2.45, 2.75) is 17.5 Å². The Bertz CT molecular complexity index is 447. The Hall–Kier alpha value is -1.24. The zero-order valence-electron chi connectivity index (χ0n) is 9.89. The summed E-state index contributed by atoms with van der Waals surface area (Å²) in [5.74, 6) is -5.03. The van der Waals surface area contributed by atoms with Crippen LogP contribution in [0.15, 0.2) is 18.2 Å². The SMILES string of the molecule is COc1ccc(C(Cl)C(F)(F)C(F)(F)F)c(OC)c1. The van der Waals surface area contributed by atoms with Crippen LogP contribution < -0.4 is 9.47 Å². The van der Waals surface area contributed by atoms with Gasteiger partial charge in [-0.2, -0.15) is 22.0 Å². The van der Waals surface area contributed by atoms with Crippen LogP contribution in [0.2, 0.25) is 0 Å². The van der Waals surface area contributed by atoms with Crippen molar-refractivity contribution in [1.82, 2.24) is 0 Å². The number of benzene rings is 1. The van der Waals surface area contributed by atoms with E-state index in [0.717, 1.165) is 13.2 Å². The zero-order valence-corrected chi connectivity index (χ0v) is 10.6. The first-order chi connectivity index (χ1) is 8.65. The molecule has 1 rings (SSSR count). The molecule has 2 nitrogen and oxygen atoms in total. The first-order valence-corrected chi connectivity index (χ1v) is 5.39. The summed E-state index contributed by atoms with van der Waals surface area (Å²) in [5, 5.41) is -2.59. The van der Waals surface area contributed by atoms with Gasteiger partial charge in [0.25, 0.3) is 0 Å². The van der Waals surface area contributed by atoms with Crippen molar-refractivity contribution < 1.29 is 31.4 Å². The van der Waals surface area contributed by atoms with Crippen molar-refractivity contribution in [3.63, 3.8) is 0 Å². The van der Waals surface area contributed by atoms with E-state index in [0.29, 0.717) is 0 Å². The van der Waals surface area contributed by atoms with Crippen molar-refractivity contribution in [3.05, 3.63) is 23.8 Å². The molecule has 0 N–H and O–H groups in total. The van der Waals surface area contributed by atoms with Gasteiger partial charge in [-0.25, -0.2) is 0 Å². The third-order valence-electron chi connectivity index (χ3n) is 2.41. The lowest BCUT2D eigenvalue weighted by Gasteiger charge is -2.25. The van der Waals surface area contributed by atoms with Gasteiger partial charge in [-0.1, -0.05) is 0 Å². The molecule has 0 bridgehead atoms. The van der Waals surface area contributed by atoms with E-state index in [4.69, 9.17) is 21.1 Å². The molecule has 0 heterocycles. The molecule has 1 unspecified atom stereocenters. The fourth-order valence-electron chi connectivity index (χ4n) is 1.37. The van der Waals surface area contributed by atoms with Gasteiger partial charge in [-0.3, -0.25) is 0 Å². The van der Waals surface area contributed by atoms with Gasteiger partial charge in [0.05, 0.1) is 14.2 Å². The molecule has 0 spiro atoms. The van der Waals surface area contributed by atoms with Crippen LogP contribution in [0.5, 0.6) is 11.5 Å². The monoisotopic (exact) mass is 304 g/mol. The van der Waals surface area contributed by atoms with Gasteiger partial charge < -0.3 is 9.47 Å². The van der Waals surface area contributed by atoms with E-state index in [1.165, 1.54) is 19.2 Å². The molecule has 0 radical (unpaired) electrons. The smallest absolute Gasteiger partial charge is 0.455 e. The van der Waals surface area contributed by atoms with Gasteiger partial charge in [-0.15, -0.1) is 11.6 Å². The highest BCUT2D eigenvalue weighted by atomic mass is 35.5. The average molecular weight is 305 g/mol. The number of ether oxygens (including phenoxy) is 2. The minimum atomic E-state index is -5.75. The van der Waals surface area contributed by atoms with Gasteiger partial charge in [0.15, 0.2) is 0 Å². The Kier molecular flexibility index (Phi) is 4.50. The van der Waals surface area contributed by atoms with Crippen molar-refractivity contribution in [3.8, 4) is 11.5 Å². The van der Waals surface area contributed by atoms with Crippen LogP contribution in [0.25, 0.3) is 0 Å². The number of alkyl halides is 6. The number of halogens is 6. The molecule has 0 fully saturated rings. The largest absolute Gasteiger partial charge is 0.497 e. The standard InChI is InChI=1S/C11H10ClF5O2/c1-18-6-3-4-7(8(5-6)19-2)9(12)10(13,14)11(15,16)17/h3-5,9H,1-2H3. The molecule has 1 aromatic rings. The van der Waals surface area contributed by atoms with Gasteiger partial charge >= 0.3 is 12.1 Å². The van der Waals surface area contributed by atoms with E-state index in [-0.39, 0.29) is 11.5 Å². The third-order valence-corrected chi connectivity index (χ3v) is 2.92. The van der Waals surface area contributed by atoms with Crippen molar-refractivity contribution in [2.75, 3.05) is 14.2 Å². The lowest BCUT2D eigenvalue weighted by atomic mass is 10.0. The lowest BCUT2D eigenvalue weighted by molar-refractivity contribution is -0.283. The summed E-state index contributed by atoms with van der Waals surface area (Å²) < 4.78 is 72.6. The molecule has 0 aliphatic heterocycles. The molecule has 0 amide bonds. The molecule has 1 atom stereocenters. The summed E-state index contributed by atoms with van der Waals surface area (Å²) in [5.41, 5.74) is -0.465. The van der Waals surface area contributed by atoms with E-state index in [1.54, 1.807) is 0 Å². The van der Waals surface area contributed by atoms with Gasteiger partial charge in [0.2, 0.25) is 0 Å². The zero-order chi connectivity index (χ0) is 14.8. The van der Waals surface area contributed by atoms with Crippen molar-refractivity contribution in [1.29, 1.82) is 0 Å². The normalized spacial score (nSPS) is 14.1. The quantitative estimate of drug-likeness (QED) is 0.613. The Balaban J connectivity index is 3.23. The highest BCUT2D eigenvalue weighted by Crippen LogP contribution is 2.50. The first kappa shape index (κ1) is 15.8. The summed E-state index contributed by atoms with van der Waals surface area (Å²) in [4.78, 5) is 0. The summed E-state index contributed by atoms with van der Waals surface area (Å²) in [6.07, 6.45) is -5.75. The Morgan fingerprint density at radius 1 is 1.05 bits per heavy atom. The van der Waals surface area contributed by atoms with Gasteiger partial charge in [-0.05, 0) is 12.1 Å². The number of hydrogen-bond acceptors (Lipinski definition) is 2. The van der Waals surface area contributed by atoms with Crippen LogP contribution in [0.3, 0.4) is 0 Å². The highest BCUT2D eigenvalue weighted by Gasteiger charge is 2.62. The summed E-state index contributed by atoms with van der Waals surface area (Å²) in [6.45, 7) is 0. The minimum absolute atomic E-state index is 0.205. The van der Waals surface area contributed by atoms with E-state index >= 15 is 0 Å². The second-order valence-electron chi connectivity index (χ2n) is 3.59.